The fourth-order valence-corrected chi connectivity index (χ4v) is 5.56. The summed E-state index contributed by atoms with van der Waals surface area (Å²) in [6.07, 6.45) is 0.207. The number of aliphatic carboxylic acids is 1. The zero-order chi connectivity index (χ0) is 27.7. The zero-order valence-electron chi connectivity index (χ0n) is 21.8. The molecule has 5 rings (SSSR count). The molecular formula is C31H29ClN3O4-. The van der Waals surface area contributed by atoms with Gasteiger partial charge in [0.2, 0.25) is 5.91 Å². The normalized spacial score (nSPS) is 18.5. The number of rotatable bonds is 6. The molecule has 3 aromatic rings. The van der Waals surface area contributed by atoms with Gasteiger partial charge in [0.25, 0.3) is 0 Å². The lowest BCUT2D eigenvalue weighted by molar-refractivity contribution is -0.305. The lowest BCUT2D eigenvalue weighted by Crippen LogP contribution is -2.39. The van der Waals surface area contributed by atoms with E-state index in [4.69, 9.17) is 11.6 Å². The van der Waals surface area contributed by atoms with Crippen molar-refractivity contribution in [1.82, 2.24) is 0 Å². The first-order valence-electron chi connectivity index (χ1n) is 12.9. The summed E-state index contributed by atoms with van der Waals surface area (Å²) in [4.78, 5) is 42.5. The van der Waals surface area contributed by atoms with E-state index in [-0.39, 0.29) is 24.5 Å². The molecule has 8 heteroatoms. The fourth-order valence-electron chi connectivity index (χ4n) is 5.44. The third-order valence-electron chi connectivity index (χ3n) is 7.37. The van der Waals surface area contributed by atoms with Crippen LogP contribution in [-0.4, -0.2) is 31.8 Å². The van der Waals surface area contributed by atoms with Crippen LogP contribution in [0.4, 0.5) is 17.1 Å². The number of allylic oxidation sites excluding steroid dienone is 1. The first-order chi connectivity index (χ1) is 18.7. The quantitative estimate of drug-likeness (QED) is 0.479. The van der Waals surface area contributed by atoms with E-state index in [1.807, 2.05) is 91.8 Å². The van der Waals surface area contributed by atoms with Gasteiger partial charge in [0.05, 0.1) is 17.4 Å². The molecule has 1 aliphatic heterocycles. The Balaban J connectivity index is 1.67. The maximum Gasteiger partial charge on any atom is 0.228 e. The van der Waals surface area contributed by atoms with Gasteiger partial charge in [0.1, 0.15) is 0 Å². The maximum atomic E-state index is 14.0. The number of para-hydroxylation sites is 2. The van der Waals surface area contributed by atoms with Gasteiger partial charge < -0.3 is 20.1 Å². The largest absolute Gasteiger partial charge is 0.550 e. The van der Waals surface area contributed by atoms with Gasteiger partial charge in [0.15, 0.2) is 5.78 Å². The number of fused-ring (bicyclic) bond motifs is 1. The van der Waals surface area contributed by atoms with Crippen LogP contribution in [0.1, 0.15) is 48.8 Å². The standard InChI is InChI=1S/C31H30ClN3O4/c1-34(2)23-13-9-20(10-14-23)31-30-25(17-21(18-27(30)36)19-7-11-22(32)12-8-19)33-24-5-3-4-6-26(24)35(31)28(37)15-16-29(38)39/h3-14,21,31,33H,15-18H2,1-2H3,(H,38,39)/p-1. The summed E-state index contributed by atoms with van der Waals surface area (Å²) in [6, 6.07) is 22.0. The van der Waals surface area contributed by atoms with Gasteiger partial charge >= 0.3 is 0 Å². The highest BCUT2D eigenvalue weighted by atomic mass is 35.5. The Labute approximate surface area is 232 Å². The molecule has 200 valence electrons. The van der Waals surface area contributed by atoms with Crippen molar-refractivity contribution in [3.05, 3.63) is 100 Å². The number of carbonyl (C=O) groups excluding carboxylic acids is 3. The Bertz CT molecular complexity index is 1450. The summed E-state index contributed by atoms with van der Waals surface area (Å²) in [7, 11) is 3.89. The smallest absolute Gasteiger partial charge is 0.228 e. The molecular weight excluding hydrogens is 514 g/mol. The third-order valence-corrected chi connectivity index (χ3v) is 7.62. The van der Waals surface area contributed by atoms with E-state index in [2.05, 4.69) is 5.32 Å². The first-order valence-corrected chi connectivity index (χ1v) is 13.3. The Kier molecular flexibility index (Phi) is 7.44. The van der Waals surface area contributed by atoms with E-state index in [0.717, 1.165) is 22.5 Å². The van der Waals surface area contributed by atoms with Gasteiger partial charge in [-0.3, -0.25) is 14.5 Å². The number of carboxylic acid groups (broad SMARTS) is 1. The van der Waals surface area contributed by atoms with Gasteiger partial charge in [-0.2, -0.15) is 0 Å². The van der Waals surface area contributed by atoms with E-state index in [0.29, 0.717) is 28.4 Å². The summed E-state index contributed by atoms with van der Waals surface area (Å²) in [6.45, 7) is 0. The number of nitrogens with zero attached hydrogens (tertiary/aromatic N) is 2. The first kappa shape index (κ1) is 26.5. The SMILES string of the molecule is CN(C)c1ccc(C2C3=C(CC(c4ccc(Cl)cc4)CC3=O)Nc3ccccc3N2C(=O)CCC(=O)[O-])cc1. The second-order valence-corrected chi connectivity index (χ2v) is 10.6. The van der Waals surface area contributed by atoms with E-state index in [1.165, 1.54) is 0 Å². The van der Waals surface area contributed by atoms with Crippen molar-refractivity contribution < 1.29 is 19.5 Å². The summed E-state index contributed by atoms with van der Waals surface area (Å²) in [5.74, 6) is -1.80. The zero-order valence-corrected chi connectivity index (χ0v) is 22.6. The molecule has 0 spiro atoms. The van der Waals surface area contributed by atoms with Crippen molar-refractivity contribution in [2.45, 2.75) is 37.6 Å². The number of nitrogens with one attached hydrogen (secondary N) is 1. The van der Waals surface area contributed by atoms with Crippen molar-refractivity contribution >= 4 is 46.3 Å². The number of halogens is 1. The molecule has 1 heterocycles. The number of carboxylic acids is 1. The van der Waals surface area contributed by atoms with Crippen LogP contribution in [0.2, 0.25) is 5.02 Å². The molecule has 3 aromatic carbocycles. The predicted molar refractivity (Wildman–Crippen MR) is 151 cm³/mol. The van der Waals surface area contributed by atoms with E-state index in [1.54, 1.807) is 4.90 Å². The summed E-state index contributed by atoms with van der Waals surface area (Å²) in [5, 5.41) is 15.4. The number of amides is 1. The third kappa shape index (κ3) is 5.40. The van der Waals surface area contributed by atoms with Crippen molar-refractivity contribution in [1.29, 1.82) is 0 Å². The van der Waals surface area contributed by atoms with Gasteiger partial charge in [-0.15, -0.1) is 0 Å². The maximum absolute atomic E-state index is 14.0. The molecule has 7 nitrogen and oxygen atoms in total. The van der Waals surface area contributed by atoms with E-state index < -0.39 is 24.3 Å². The average Bonchev–Trinajstić information content (AvgIpc) is 3.07. The van der Waals surface area contributed by atoms with Crippen molar-refractivity contribution in [3.63, 3.8) is 0 Å². The van der Waals surface area contributed by atoms with Crippen LogP contribution in [0.15, 0.2) is 84.1 Å². The molecule has 0 bridgehead atoms. The Morgan fingerprint density at radius 1 is 0.949 bits per heavy atom. The lowest BCUT2D eigenvalue weighted by Gasteiger charge is -2.35. The van der Waals surface area contributed by atoms with Gasteiger partial charge in [0, 0.05) is 54.9 Å². The van der Waals surface area contributed by atoms with Crippen LogP contribution in [0.25, 0.3) is 0 Å². The van der Waals surface area contributed by atoms with E-state index in [9.17, 15) is 19.5 Å². The number of ketones is 1. The molecule has 2 unspecified atom stereocenters. The van der Waals surface area contributed by atoms with Crippen LogP contribution in [-0.2, 0) is 14.4 Å². The molecule has 0 fully saturated rings. The number of benzene rings is 3. The Hall–Kier alpha value is -4.10. The minimum atomic E-state index is -1.30. The number of Topliss-reactive ketones (excluding diaryl/α,β-unsaturated/α-hetero) is 1. The molecule has 39 heavy (non-hydrogen) atoms. The number of hydrogen-bond acceptors (Lipinski definition) is 6. The van der Waals surface area contributed by atoms with Gasteiger partial charge in [-0.05, 0) is 66.3 Å². The van der Waals surface area contributed by atoms with Crippen LogP contribution in [0, 0.1) is 0 Å². The summed E-state index contributed by atoms with van der Waals surface area (Å²) >= 11 is 6.11. The van der Waals surface area contributed by atoms with Crippen molar-refractivity contribution in [2.75, 3.05) is 29.2 Å². The molecule has 1 N–H and O–H groups in total. The highest BCUT2D eigenvalue weighted by Gasteiger charge is 2.41. The fraction of sp³-hybridized carbons (Fsp3) is 0.258. The Morgan fingerprint density at radius 3 is 2.28 bits per heavy atom. The molecule has 1 amide bonds. The van der Waals surface area contributed by atoms with Crippen LogP contribution in [0.5, 0.6) is 0 Å². The van der Waals surface area contributed by atoms with Gasteiger partial charge in [-0.25, -0.2) is 0 Å². The average molecular weight is 543 g/mol. The monoisotopic (exact) mass is 542 g/mol. The molecule has 0 aromatic heterocycles. The van der Waals surface area contributed by atoms with Crippen LogP contribution < -0.4 is 20.2 Å². The van der Waals surface area contributed by atoms with Gasteiger partial charge in [-0.1, -0.05) is 48.0 Å². The van der Waals surface area contributed by atoms with Crippen molar-refractivity contribution in [3.8, 4) is 0 Å². The highest BCUT2D eigenvalue weighted by Crippen LogP contribution is 2.47. The molecule has 1 aliphatic carbocycles. The predicted octanol–water partition coefficient (Wildman–Crippen LogP) is 4.84. The van der Waals surface area contributed by atoms with Crippen LogP contribution in [0.3, 0.4) is 0 Å². The minimum Gasteiger partial charge on any atom is -0.550 e. The second kappa shape index (κ2) is 10.9. The summed E-state index contributed by atoms with van der Waals surface area (Å²) < 4.78 is 0. The molecule has 0 saturated heterocycles. The lowest BCUT2D eigenvalue weighted by atomic mass is 9.78. The summed E-state index contributed by atoms with van der Waals surface area (Å²) in [5.41, 5.74) is 5.33. The topological polar surface area (TPSA) is 92.8 Å². The Morgan fingerprint density at radius 2 is 1.62 bits per heavy atom. The second-order valence-electron chi connectivity index (χ2n) is 10.1. The molecule has 2 atom stereocenters. The van der Waals surface area contributed by atoms with Crippen molar-refractivity contribution in [2.24, 2.45) is 0 Å². The van der Waals surface area contributed by atoms with E-state index >= 15 is 0 Å². The number of hydrogen-bond donors (Lipinski definition) is 1. The van der Waals surface area contributed by atoms with Crippen LogP contribution >= 0.6 is 11.6 Å². The molecule has 0 saturated carbocycles. The molecule has 0 radical (unpaired) electrons. The minimum absolute atomic E-state index is 0.0507. The number of anilines is 3. The number of carbonyl (C=O) groups is 3. The highest BCUT2D eigenvalue weighted by molar-refractivity contribution is 6.30. The molecule has 2 aliphatic rings.